The molecular weight excluding hydrogens is 861 g/mol. The van der Waals surface area contributed by atoms with Crippen molar-refractivity contribution < 1.29 is 33.8 Å². The second kappa shape index (κ2) is 19.2. The smallest absolute Gasteiger partial charge is 0.324 e. The number of fused-ring (bicyclic) bond motifs is 6. The Labute approximate surface area is 400 Å². The van der Waals surface area contributed by atoms with Gasteiger partial charge in [-0.15, -0.1) is 0 Å². The molecule has 0 saturated carbocycles. The van der Waals surface area contributed by atoms with E-state index in [-0.39, 0.29) is 60.0 Å². The van der Waals surface area contributed by atoms with Crippen LogP contribution in [0.3, 0.4) is 0 Å². The van der Waals surface area contributed by atoms with Gasteiger partial charge in [0.2, 0.25) is 11.8 Å². The monoisotopic (exact) mass is 931 g/mol. The second-order valence-corrected chi connectivity index (χ2v) is 21.2. The number of aromatic hydroxyl groups is 1. The van der Waals surface area contributed by atoms with E-state index in [1.165, 1.54) is 5.01 Å². The number of carbonyl (C=O) groups is 4. The predicted molar refractivity (Wildman–Crippen MR) is 260 cm³/mol. The minimum Gasteiger partial charge on any atom is -0.508 e. The number of nitrogens with one attached hydrogen (secondary N) is 3. The van der Waals surface area contributed by atoms with Crippen LogP contribution in [0.25, 0.3) is 33.3 Å². The summed E-state index contributed by atoms with van der Waals surface area (Å²) in [5.41, 5.74) is 10.0. The summed E-state index contributed by atoms with van der Waals surface area (Å²) in [6, 6.07) is 13.5. The number of hydrogen-bond acceptors (Lipinski definition) is 11. The van der Waals surface area contributed by atoms with Crippen LogP contribution in [0.4, 0.5) is 0 Å². The maximum Gasteiger partial charge on any atom is 0.324 e. The molecule has 2 aromatic carbocycles. The van der Waals surface area contributed by atoms with Crippen LogP contribution >= 0.6 is 0 Å². The Hall–Kier alpha value is -5.35. The number of likely N-dealkylation sites (tertiary alicyclic amines) is 2. The number of cyclic esters (lactones) is 1. The molecule has 68 heavy (non-hydrogen) atoms. The van der Waals surface area contributed by atoms with E-state index < -0.39 is 29.5 Å². The molecule has 4 N–H and O–H groups in total. The molecule has 1 unspecified atom stereocenters. The van der Waals surface area contributed by atoms with Crippen LogP contribution < -0.4 is 16.1 Å². The Morgan fingerprint density at radius 2 is 1.78 bits per heavy atom. The molecule has 0 radical (unpaired) electrons. The van der Waals surface area contributed by atoms with Gasteiger partial charge < -0.3 is 34.7 Å². The van der Waals surface area contributed by atoms with Crippen molar-refractivity contribution in [2.75, 3.05) is 53.0 Å². The van der Waals surface area contributed by atoms with Gasteiger partial charge in [-0.25, -0.2) is 5.43 Å². The number of carbonyl (C=O) groups excluding carboxylic acids is 4. The molecule has 2 aromatic heterocycles. The highest BCUT2D eigenvalue weighted by Crippen LogP contribution is 2.44. The number of aromatic nitrogens is 2. The lowest BCUT2D eigenvalue weighted by atomic mass is 9.77. The summed E-state index contributed by atoms with van der Waals surface area (Å²) in [5, 5.41) is 20.3. The normalized spacial score (nSPS) is 23.9. The number of pyridine rings is 1. The highest BCUT2D eigenvalue weighted by molar-refractivity contribution is 5.96. The van der Waals surface area contributed by atoms with Crippen molar-refractivity contribution in [3.05, 3.63) is 71.5 Å². The average Bonchev–Trinajstić information content (AvgIpc) is 4.05. The number of hydrazine groups is 1. The number of benzene rings is 2. The zero-order valence-corrected chi connectivity index (χ0v) is 40.9. The van der Waals surface area contributed by atoms with E-state index in [4.69, 9.17) is 14.5 Å². The van der Waals surface area contributed by atoms with E-state index in [0.717, 1.165) is 96.5 Å². The number of phenols is 1. The van der Waals surface area contributed by atoms with Gasteiger partial charge in [-0.1, -0.05) is 39.8 Å². The molecule has 3 amide bonds. The molecule has 4 fully saturated rings. The lowest BCUT2D eigenvalue weighted by Crippen LogP contribution is -2.62. The SMILES string of the molecule is CCn1c(-c2cccnc2[C@H](C)OC)c2c3cc(ccc31)-c1cc(O)cc(c1)C[C@H](NC(=O)C(C(C)C)N1CCC3(CCN(C(=O)[C@@H]4CN4)CC3)C1)C(=O)N1CCC[C@H](N1)C(=O)OCC(C)(C)C2. The lowest BCUT2D eigenvalue weighted by Gasteiger charge is -2.40. The average molecular weight is 931 g/mol. The highest BCUT2D eigenvalue weighted by Gasteiger charge is 2.47. The number of ether oxygens (including phenoxy) is 2. The van der Waals surface area contributed by atoms with Crippen LogP contribution in [0.15, 0.2) is 54.7 Å². The van der Waals surface area contributed by atoms with Crippen LogP contribution in [0.1, 0.15) is 96.6 Å². The third-order valence-corrected chi connectivity index (χ3v) is 15.3. The molecule has 5 atom stereocenters. The molecule has 4 aromatic rings. The minimum absolute atomic E-state index is 0.0280. The molecular formula is C53H70N8O7. The molecule has 5 aliphatic rings. The number of rotatable bonds is 9. The Morgan fingerprint density at radius 3 is 2.50 bits per heavy atom. The van der Waals surface area contributed by atoms with Crippen molar-refractivity contribution in [1.82, 2.24) is 40.4 Å². The Balaban J connectivity index is 1.07. The van der Waals surface area contributed by atoms with Crippen molar-refractivity contribution >= 4 is 34.6 Å². The topological polar surface area (TPSA) is 181 Å². The Bertz CT molecular complexity index is 2560. The molecule has 364 valence electrons. The fourth-order valence-electron chi connectivity index (χ4n) is 11.5. The van der Waals surface area contributed by atoms with Gasteiger partial charge in [0.1, 0.15) is 17.8 Å². The van der Waals surface area contributed by atoms with Gasteiger partial charge in [-0.05, 0) is 129 Å². The summed E-state index contributed by atoms with van der Waals surface area (Å²) in [7, 11) is 1.69. The molecule has 4 saturated heterocycles. The molecule has 1 spiro atoms. The van der Waals surface area contributed by atoms with Crippen molar-refractivity contribution in [2.45, 2.75) is 123 Å². The number of aryl methyl sites for hydroxylation is 1. The first-order chi connectivity index (χ1) is 32.6. The molecule has 6 bridgehead atoms. The number of piperidine rings is 1. The second-order valence-electron chi connectivity index (χ2n) is 21.2. The summed E-state index contributed by atoms with van der Waals surface area (Å²) >= 11 is 0. The number of methoxy groups -OCH3 is 1. The van der Waals surface area contributed by atoms with Crippen molar-refractivity contribution in [1.29, 1.82) is 0 Å². The first-order valence-corrected chi connectivity index (χ1v) is 24.8. The summed E-state index contributed by atoms with van der Waals surface area (Å²) in [6.07, 6.45) is 6.01. The molecule has 15 nitrogen and oxygen atoms in total. The first-order valence-electron chi connectivity index (χ1n) is 24.8. The fraction of sp³-hybridized carbons (Fsp3) is 0.566. The van der Waals surface area contributed by atoms with Crippen LogP contribution in [0.5, 0.6) is 5.75 Å². The van der Waals surface area contributed by atoms with E-state index in [2.05, 4.69) is 70.6 Å². The number of amides is 3. The number of esters is 1. The summed E-state index contributed by atoms with van der Waals surface area (Å²) in [5.74, 6) is -0.833. The maximum atomic E-state index is 14.8. The van der Waals surface area contributed by atoms with Crippen LogP contribution in [0.2, 0.25) is 0 Å². The van der Waals surface area contributed by atoms with Gasteiger partial charge in [-0.2, -0.15) is 0 Å². The van der Waals surface area contributed by atoms with Crippen molar-refractivity contribution in [3.8, 4) is 28.1 Å². The van der Waals surface area contributed by atoms with E-state index >= 15 is 0 Å². The van der Waals surface area contributed by atoms with Gasteiger partial charge in [0, 0.05) is 80.9 Å². The maximum absolute atomic E-state index is 14.8. The molecule has 5 aliphatic heterocycles. The van der Waals surface area contributed by atoms with Crippen molar-refractivity contribution in [2.24, 2.45) is 16.7 Å². The molecule has 7 heterocycles. The van der Waals surface area contributed by atoms with Crippen molar-refractivity contribution in [3.63, 3.8) is 0 Å². The standard InChI is InChI=1S/C53H70N8O7/c1-8-60-44-14-13-35-27-39(44)40(47(60)38-11-9-18-54-45(38)33(4)67-7)28-52(5,6)31-68-51(66)41-12-10-19-61(57-41)50(65)42(25-34-23-36(35)26-37(62)24-34)56-48(63)46(32(2)3)59-22-17-53(30-59)15-20-58(21-16-53)49(64)43-29-55-43/h9,11,13-14,18,23-24,26-27,32-33,41-43,46,55,57,62H,8,10,12,15-17,19-22,25,28-31H2,1-7H3,(H,56,63)/t33-,41-,42-,43-,46?/m0/s1. The van der Waals surface area contributed by atoms with E-state index in [1.54, 1.807) is 25.4 Å². The van der Waals surface area contributed by atoms with Crippen LogP contribution in [-0.2, 0) is 48.0 Å². The number of nitrogens with zero attached hydrogens (tertiary/aromatic N) is 5. The van der Waals surface area contributed by atoms with E-state index in [9.17, 15) is 24.3 Å². The van der Waals surface area contributed by atoms with Gasteiger partial charge in [-0.3, -0.25) is 34.1 Å². The Kier molecular flexibility index (Phi) is 13.5. The largest absolute Gasteiger partial charge is 0.508 e. The first kappa shape index (κ1) is 47.7. The minimum atomic E-state index is -1.02. The quantitative estimate of drug-likeness (QED) is 0.118. The Morgan fingerprint density at radius 1 is 1.01 bits per heavy atom. The zero-order valence-electron chi connectivity index (χ0n) is 40.9. The molecule has 15 heteroatoms. The number of phenolic OH excluding ortho intramolecular Hbond substituents is 1. The van der Waals surface area contributed by atoms with Gasteiger partial charge in [0.15, 0.2) is 0 Å². The van der Waals surface area contributed by atoms with Gasteiger partial charge >= 0.3 is 5.97 Å². The third-order valence-electron chi connectivity index (χ3n) is 15.3. The molecule has 9 rings (SSSR count). The highest BCUT2D eigenvalue weighted by atomic mass is 16.5. The van der Waals surface area contributed by atoms with E-state index in [0.29, 0.717) is 37.9 Å². The summed E-state index contributed by atoms with van der Waals surface area (Å²) in [6.45, 7) is 17.3. The van der Waals surface area contributed by atoms with Gasteiger partial charge in [0.05, 0.1) is 36.2 Å². The lowest BCUT2D eigenvalue weighted by molar-refractivity contribution is -0.155. The summed E-state index contributed by atoms with van der Waals surface area (Å²) < 4.78 is 14.3. The van der Waals surface area contributed by atoms with Crippen LogP contribution in [-0.4, -0.2) is 130 Å². The van der Waals surface area contributed by atoms with Gasteiger partial charge in [0.25, 0.3) is 5.91 Å². The summed E-state index contributed by atoms with van der Waals surface area (Å²) in [4.78, 5) is 65.5. The zero-order chi connectivity index (χ0) is 48.1. The third kappa shape index (κ3) is 9.64. The molecule has 0 aliphatic carbocycles. The fourth-order valence-corrected chi connectivity index (χ4v) is 11.5. The van der Waals surface area contributed by atoms with Crippen LogP contribution in [0, 0.1) is 16.7 Å². The van der Waals surface area contributed by atoms with E-state index in [1.807, 2.05) is 37.8 Å². The number of hydrogen-bond donors (Lipinski definition) is 4. The predicted octanol–water partition coefficient (Wildman–Crippen LogP) is 5.76.